The molecule has 1 unspecified atom stereocenters. The summed E-state index contributed by atoms with van der Waals surface area (Å²) in [6.07, 6.45) is 4.59. The summed E-state index contributed by atoms with van der Waals surface area (Å²) in [5.41, 5.74) is 2.65. The van der Waals surface area contributed by atoms with Crippen molar-refractivity contribution in [1.29, 1.82) is 0 Å². The molecule has 1 heterocycles. The Balaban J connectivity index is 1.59. The van der Waals surface area contributed by atoms with Crippen molar-refractivity contribution >= 4 is 28.2 Å². The molecule has 5 nitrogen and oxygen atoms in total. The van der Waals surface area contributed by atoms with Crippen LogP contribution in [0.15, 0.2) is 59.4 Å². The first-order chi connectivity index (χ1) is 15.5. The van der Waals surface area contributed by atoms with E-state index in [2.05, 4.69) is 34.3 Å². The summed E-state index contributed by atoms with van der Waals surface area (Å²) >= 11 is 5.86. The van der Waals surface area contributed by atoms with Crippen LogP contribution in [0.25, 0.3) is 10.9 Å². The number of pyridine rings is 1. The molecule has 0 saturated heterocycles. The van der Waals surface area contributed by atoms with Gasteiger partial charge in [-0.2, -0.15) is 0 Å². The highest BCUT2D eigenvalue weighted by atomic mass is 32.1. The van der Waals surface area contributed by atoms with Crippen LogP contribution in [0.3, 0.4) is 0 Å². The molecule has 1 fully saturated rings. The van der Waals surface area contributed by atoms with E-state index in [0.29, 0.717) is 24.3 Å². The molecule has 1 atom stereocenters. The topological polar surface area (TPSA) is 57.4 Å². The monoisotopic (exact) mass is 449 g/mol. The number of aromatic amines is 1. The molecule has 2 N–H and O–H groups in total. The third-order valence-corrected chi connectivity index (χ3v) is 6.56. The number of hydrogen-bond donors (Lipinski definition) is 2. The third-order valence-electron chi connectivity index (χ3n) is 6.21. The first-order valence-corrected chi connectivity index (χ1v) is 11.9. The van der Waals surface area contributed by atoms with Crippen molar-refractivity contribution in [3.63, 3.8) is 0 Å². The molecule has 6 heteroatoms. The van der Waals surface area contributed by atoms with E-state index in [-0.39, 0.29) is 11.6 Å². The second-order valence-corrected chi connectivity index (χ2v) is 8.84. The van der Waals surface area contributed by atoms with Crippen LogP contribution in [-0.4, -0.2) is 27.6 Å². The van der Waals surface area contributed by atoms with Gasteiger partial charge in [-0.05, 0) is 68.7 Å². The third kappa shape index (κ3) is 5.13. The Bertz CT molecular complexity index is 1120. The van der Waals surface area contributed by atoms with Gasteiger partial charge in [0.2, 0.25) is 0 Å². The Kier molecular flexibility index (Phi) is 7.10. The van der Waals surface area contributed by atoms with Gasteiger partial charge in [0.15, 0.2) is 5.11 Å². The molecule has 32 heavy (non-hydrogen) atoms. The van der Waals surface area contributed by atoms with E-state index in [1.54, 1.807) is 0 Å². The zero-order valence-electron chi connectivity index (χ0n) is 18.8. The van der Waals surface area contributed by atoms with Crippen LogP contribution >= 0.6 is 12.2 Å². The van der Waals surface area contributed by atoms with Gasteiger partial charge in [-0.1, -0.05) is 43.2 Å². The Morgan fingerprint density at radius 1 is 1.19 bits per heavy atom. The van der Waals surface area contributed by atoms with Gasteiger partial charge in [-0.25, -0.2) is 0 Å². The van der Waals surface area contributed by atoms with Gasteiger partial charge >= 0.3 is 0 Å². The van der Waals surface area contributed by atoms with Crippen LogP contribution in [0.2, 0.25) is 0 Å². The van der Waals surface area contributed by atoms with Crippen molar-refractivity contribution in [3.8, 4) is 5.75 Å². The van der Waals surface area contributed by atoms with Crippen molar-refractivity contribution in [2.24, 2.45) is 0 Å². The molecule has 0 spiro atoms. The summed E-state index contributed by atoms with van der Waals surface area (Å²) in [4.78, 5) is 18.1. The average molecular weight is 450 g/mol. The predicted molar refractivity (Wildman–Crippen MR) is 134 cm³/mol. The maximum absolute atomic E-state index is 12.9. The molecule has 0 aliphatic heterocycles. The lowest BCUT2D eigenvalue weighted by Gasteiger charge is -2.33. The second kappa shape index (κ2) is 10.2. The summed E-state index contributed by atoms with van der Waals surface area (Å²) < 4.78 is 5.64. The number of nitrogens with one attached hydrogen (secondary N) is 2. The summed E-state index contributed by atoms with van der Waals surface area (Å²) in [6.45, 7) is 5.18. The number of aromatic nitrogens is 1. The number of nitrogens with zero attached hydrogens (tertiary/aromatic N) is 1. The fourth-order valence-corrected chi connectivity index (χ4v) is 4.85. The number of hydrogen-bond acceptors (Lipinski definition) is 3. The molecule has 1 aromatic heterocycles. The van der Waals surface area contributed by atoms with Crippen LogP contribution in [-0.2, 0) is 6.54 Å². The Morgan fingerprint density at radius 3 is 2.66 bits per heavy atom. The highest BCUT2D eigenvalue weighted by molar-refractivity contribution is 7.80. The van der Waals surface area contributed by atoms with E-state index < -0.39 is 0 Å². The van der Waals surface area contributed by atoms with E-state index in [0.717, 1.165) is 35.1 Å². The van der Waals surface area contributed by atoms with Crippen LogP contribution in [0.4, 0.5) is 0 Å². The highest BCUT2D eigenvalue weighted by Crippen LogP contribution is 2.26. The van der Waals surface area contributed by atoms with Gasteiger partial charge in [0.25, 0.3) is 5.56 Å². The molecule has 1 aliphatic rings. The van der Waals surface area contributed by atoms with E-state index >= 15 is 0 Å². The minimum absolute atomic E-state index is 0.0661. The maximum Gasteiger partial charge on any atom is 0.253 e. The summed E-state index contributed by atoms with van der Waals surface area (Å²) in [7, 11) is 0. The average Bonchev–Trinajstić information content (AvgIpc) is 3.33. The van der Waals surface area contributed by atoms with E-state index in [1.165, 1.54) is 18.4 Å². The largest absolute Gasteiger partial charge is 0.494 e. The maximum atomic E-state index is 12.9. The van der Waals surface area contributed by atoms with Crippen molar-refractivity contribution in [3.05, 3.63) is 76.1 Å². The first-order valence-electron chi connectivity index (χ1n) is 11.5. The summed E-state index contributed by atoms with van der Waals surface area (Å²) in [6, 6.07) is 18.5. The van der Waals surface area contributed by atoms with Crippen molar-refractivity contribution < 1.29 is 4.74 Å². The van der Waals surface area contributed by atoms with Crippen LogP contribution in [0, 0.1) is 0 Å². The number of benzene rings is 2. The van der Waals surface area contributed by atoms with Crippen LogP contribution < -0.4 is 15.6 Å². The SMILES string of the molecule is CCOc1ccc2[nH]c(=O)c(CN(C(=S)NC(C)c3ccccc3)C3CCCC3)cc2c1. The number of H-pyrrole nitrogens is 1. The zero-order valence-corrected chi connectivity index (χ0v) is 19.6. The van der Waals surface area contributed by atoms with Crippen molar-refractivity contribution in [2.75, 3.05) is 6.61 Å². The molecule has 0 bridgehead atoms. The van der Waals surface area contributed by atoms with Crippen molar-refractivity contribution in [2.45, 2.75) is 58.2 Å². The lowest BCUT2D eigenvalue weighted by Crippen LogP contribution is -2.46. The molecule has 0 amide bonds. The quantitative estimate of drug-likeness (QED) is 0.479. The summed E-state index contributed by atoms with van der Waals surface area (Å²) in [5, 5.41) is 5.17. The molecular formula is C26H31N3O2S. The predicted octanol–water partition coefficient (Wildman–Crippen LogP) is 5.31. The number of rotatable bonds is 7. The highest BCUT2D eigenvalue weighted by Gasteiger charge is 2.26. The van der Waals surface area contributed by atoms with Crippen molar-refractivity contribution in [1.82, 2.24) is 15.2 Å². The van der Waals surface area contributed by atoms with Gasteiger partial charge in [-0.3, -0.25) is 4.79 Å². The van der Waals surface area contributed by atoms with Gasteiger partial charge < -0.3 is 19.9 Å². The minimum Gasteiger partial charge on any atom is -0.494 e. The normalized spacial score (nSPS) is 14.9. The molecule has 168 valence electrons. The zero-order chi connectivity index (χ0) is 22.5. The molecule has 2 aromatic carbocycles. The van der Waals surface area contributed by atoms with Gasteiger partial charge in [0, 0.05) is 22.5 Å². The van der Waals surface area contributed by atoms with E-state index in [4.69, 9.17) is 17.0 Å². The molecule has 1 aliphatic carbocycles. The summed E-state index contributed by atoms with van der Waals surface area (Å²) in [5.74, 6) is 0.805. The lowest BCUT2D eigenvalue weighted by atomic mass is 10.1. The lowest BCUT2D eigenvalue weighted by molar-refractivity contribution is 0.300. The first kappa shape index (κ1) is 22.3. The molecule has 3 aromatic rings. The molecule has 0 radical (unpaired) electrons. The Morgan fingerprint density at radius 2 is 1.94 bits per heavy atom. The van der Waals surface area contributed by atoms with Crippen LogP contribution in [0.1, 0.15) is 56.7 Å². The van der Waals surface area contributed by atoms with Gasteiger partial charge in [0.05, 0.1) is 19.2 Å². The van der Waals surface area contributed by atoms with Crippen LogP contribution in [0.5, 0.6) is 5.75 Å². The molecule has 1 saturated carbocycles. The van der Waals surface area contributed by atoms with E-state index in [1.807, 2.05) is 49.4 Å². The smallest absolute Gasteiger partial charge is 0.253 e. The number of fused-ring (bicyclic) bond motifs is 1. The second-order valence-electron chi connectivity index (χ2n) is 8.45. The number of ether oxygens (including phenoxy) is 1. The number of thiocarbonyl (C=S) groups is 1. The Labute approximate surface area is 194 Å². The molecule has 4 rings (SSSR count). The molecular weight excluding hydrogens is 418 g/mol. The fraction of sp³-hybridized carbons (Fsp3) is 0.385. The fourth-order valence-electron chi connectivity index (χ4n) is 4.46. The van der Waals surface area contributed by atoms with Gasteiger partial charge in [0.1, 0.15) is 5.75 Å². The van der Waals surface area contributed by atoms with Gasteiger partial charge in [-0.15, -0.1) is 0 Å². The van der Waals surface area contributed by atoms with E-state index in [9.17, 15) is 4.79 Å². The minimum atomic E-state index is -0.0661. The standard InChI is InChI=1S/C26H31N3O2S/c1-3-31-23-13-14-24-20(16-23)15-21(25(30)28-24)17-29(22-11-7-8-12-22)26(32)27-18(2)19-9-5-4-6-10-19/h4-6,9-10,13-16,18,22H,3,7-8,11-12,17H2,1-2H3,(H,27,32)(H,28,30). The Hall–Kier alpha value is -2.86.